The second-order valence-electron chi connectivity index (χ2n) is 3.21. The smallest absolute Gasteiger partial charge is 0.207 e. The van der Waals surface area contributed by atoms with Gasteiger partial charge in [0.1, 0.15) is 11.0 Å². The van der Waals surface area contributed by atoms with E-state index in [-0.39, 0.29) is 16.0 Å². The number of aryl methyl sites for hydroxylation is 1. The monoisotopic (exact) mass is 315 g/mol. The largest absolute Gasteiger partial charge is 0.446 e. The minimum atomic E-state index is -4.55. The summed E-state index contributed by atoms with van der Waals surface area (Å²) in [6.45, 7) is 1.35. The fourth-order valence-corrected chi connectivity index (χ4v) is 2.92. The number of halogens is 4. The average Bonchev–Trinajstić information content (AvgIpc) is 2.16. The van der Waals surface area contributed by atoms with E-state index < -0.39 is 31.2 Å². The second-order valence-corrected chi connectivity index (χ2v) is 6.85. The third-order valence-corrected chi connectivity index (χ3v) is 4.14. The first-order valence-electron chi connectivity index (χ1n) is 4.30. The van der Waals surface area contributed by atoms with Crippen molar-refractivity contribution in [1.82, 2.24) is 0 Å². The SMILES string of the molecule is Cc1cc(C#N)c(S(=O)(=O)Cl)cc1SC(F)(F)F. The Morgan fingerprint density at radius 2 is 1.94 bits per heavy atom. The van der Waals surface area contributed by atoms with Crippen LogP contribution >= 0.6 is 22.4 Å². The first-order chi connectivity index (χ1) is 8.04. The predicted molar refractivity (Wildman–Crippen MR) is 60.8 cm³/mol. The van der Waals surface area contributed by atoms with E-state index in [0.717, 1.165) is 12.1 Å². The van der Waals surface area contributed by atoms with Crippen molar-refractivity contribution in [1.29, 1.82) is 5.26 Å². The Morgan fingerprint density at radius 1 is 1.39 bits per heavy atom. The Bertz CT molecular complexity index is 620. The molecule has 1 aromatic carbocycles. The van der Waals surface area contributed by atoms with Crippen LogP contribution in [0.1, 0.15) is 11.1 Å². The van der Waals surface area contributed by atoms with Crippen molar-refractivity contribution in [2.45, 2.75) is 22.2 Å². The lowest BCUT2D eigenvalue weighted by Crippen LogP contribution is -2.03. The molecule has 0 amide bonds. The Kier molecular flexibility index (Phi) is 4.20. The van der Waals surface area contributed by atoms with Crippen molar-refractivity contribution >= 4 is 31.5 Å². The van der Waals surface area contributed by atoms with Gasteiger partial charge in [0.15, 0.2) is 0 Å². The number of rotatable bonds is 2. The lowest BCUT2D eigenvalue weighted by Gasteiger charge is -2.10. The molecule has 0 saturated heterocycles. The molecule has 0 fully saturated rings. The van der Waals surface area contributed by atoms with Crippen molar-refractivity contribution in [2.75, 3.05) is 0 Å². The zero-order valence-electron chi connectivity index (χ0n) is 8.75. The maximum atomic E-state index is 12.2. The number of nitriles is 1. The molecule has 9 heteroatoms. The molecular formula is C9H5ClF3NO2S2. The molecule has 0 saturated carbocycles. The van der Waals surface area contributed by atoms with Gasteiger partial charge in [0.25, 0.3) is 9.05 Å². The van der Waals surface area contributed by atoms with E-state index in [9.17, 15) is 21.6 Å². The standard InChI is InChI=1S/C9H5ClF3NO2S2/c1-5-2-6(4-14)8(18(10,15)16)3-7(5)17-9(11,12)13/h2-3H,1H3. The molecule has 98 valence electrons. The van der Waals surface area contributed by atoms with Gasteiger partial charge in [0.2, 0.25) is 0 Å². The topological polar surface area (TPSA) is 57.9 Å². The van der Waals surface area contributed by atoms with Gasteiger partial charge in [-0.05, 0) is 36.4 Å². The number of alkyl halides is 3. The molecule has 1 aromatic rings. The van der Waals surface area contributed by atoms with Crippen LogP contribution in [0.2, 0.25) is 0 Å². The fraction of sp³-hybridized carbons (Fsp3) is 0.222. The van der Waals surface area contributed by atoms with Crippen LogP contribution in [0.25, 0.3) is 0 Å². The third kappa shape index (κ3) is 3.80. The van der Waals surface area contributed by atoms with Gasteiger partial charge in [-0.25, -0.2) is 8.42 Å². The van der Waals surface area contributed by atoms with Gasteiger partial charge >= 0.3 is 5.51 Å². The summed E-state index contributed by atoms with van der Waals surface area (Å²) in [4.78, 5) is -0.926. The lowest BCUT2D eigenvalue weighted by atomic mass is 10.1. The summed E-state index contributed by atoms with van der Waals surface area (Å²) >= 11 is -0.456. The quantitative estimate of drug-likeness (QED) is 0.620. The first kappa shape index (κ1) is 15.1. The van der Waals surface area contributed by atoms with Crippen LogP contribution in [0.5, 0.6) is 0 Å². The van der Waals surface area contributed by atoms with Crippen LogP contribution in [0.15, 0.2) is 21.9 Å². The molecule has 0 bridgehead atoms. The highest BCUT2D eigenvalue weighted by atomic mass is 35.7. The molecule has 0 spiro atoms. The maximum absolute atomic E-state index is 12.2. The molecule has 0 aliphatic rings. The van der Waals surface area contributed by atoms with E-state index in [1.807, 2.05) is 0 Å². The Labute approximate surface area is 110 Å². The van der Waals surface area contributed by atoms with Crippen LogP contribution in [0.4, 0.5) is 13.2 Å². The molecule has 0 atom stereocenters. The normalized spacial score (nSPS) is 12.2. The average molecular weight is 316 g/mol. The minimum absolute atomic E-state index is 0.151. The number of benzene rings is 1. The number of nitrogens with zero attached hydrogens (tertiary/aromatic N) is 1. The molecule has 0 aliphatic heterocycles. The van der Waals surface area contributed by atoms with Crippen molar-refractivity contribution in [3.05, 3.63) is 23.3 Å². The summed E-state index contributed by atoms with van der Waals surface area (Å²) in [5.41, 5.74) is -4.68. The van der Waals surface area contributed by atoms with Gasteiger partial charge in [0, 0.05) is 15.6 Å². The molecule has 0 aliphatic carbocycles. The molecule has 0 N–H and O–H groups in total. The third-order valence-electron chi connectivity index (χ3n) is 1.89. The molecule has 0 unspecified atom stereocenters. The molecule has 0 radical (unpaired) electrons. The fourth-order valence-electron chi connectivity index (χ4n) is 1.19. The molecule has 0 aromatic heterocycles. The van der Waals surface area contributed by atoms with Crippen molar-refractivity contribution in [3.8, 4) is 6.07 Å². The summed E-state index contributed by atoms with van der Waals surface area (Å²) in [7, 11) is 0.797. The van der Waals surface area contributed by atoms with Gasteiger partial charge in [-0.3, -0.25) is 0 Å². The number of hydrogen-bond donors (Lipinski definition) is 0. The maximum Gasteiger partial charge on any atom is 0.446 e. The number of thioether (sulfide) groups is 1. The van der Waals surface area contributed by atoms with Crippen LogP contribution < -0.4 is 0 Å². The van der Waals surface area contributed by atoms with E-state index in [2.05, 4.69) is 0 Å². The summed E-state index contributed by atoms with van der Waals surface area (Å²) in [6, 6.07) is 3.40. The van der Waals surface area contributed by atoms with Crippen LogP contribution in [0.3, 0.4) is 0 Å². The zero-order valence-corrected chi connectivity index (χ0v) is 11.1. The van der Waals surface area contributed by atoms with Gasteiger partial charge in [-0.1, -0.05) is 0 Å². The highest BCUT2D eigenvalue weighted by molar-refractivity contribution is 8.13. The van der Waals surface area contributed by atoms with E-state index in [0.29, 0.717) is 0 Å². The second kappa shape index (κ2) is 4.99. The van der Waals surface area contributed by atoms with E-state index in [4.69, 9.17) is 15.9 Å². The van der Waals surface area contributed by atoms with E-state index in [1.165, 1.54) is 6.92 Å². The highest BCUT2D eigenvalue weighted by Gasteiger charge is 2.31. The summed E-state index contributed by atoms with van der Waals surface area (Å²) < 4.78 is 59.1. The summed E-state index contributed by atoms with van der Waals surface area (Å²) in [5, 5.41) is 8.73. The lowest BCUT2D eigenvalue weighted by molar-refractivity contribution is -0.0328. The molecule has 0 heterocycles. The Balaban J connectivity index is 3.46. The van der Waals surface area contributed by atoms with Crippen LogP contribution in [-0.2, 0) is 9.05 Å². The van der Waals surface area contributed by atoms with E-state index >= 15 is 0 Å². The van der Waals surface area contributed by atoms with Gasteiger partial charge in [0.05, 0.1) is 5.56 Å². The summed E-state index contributed by atoms with van der Waals surface area (Å²) in [6.07, 6.45) is 0. The zero-order chi connectivity index (χ0) is 14.1. The number of hydrogen-bond acceptors (Lipinski definition) is 4. The first-order valence-corrected chi connectivity index (χ1v) is 7.42. The van der Waals surface area contributed by atoms with Crippen molar-refractivity contribution in [3.63, 3.8) is 0 Å². The minimum Gasteiger partial charge on any atom is -0.207 e. The van der Waals surface area contributed by atoms with Gasteiger partial charge in [-0.15, -0.1) is 0 Å². The summed E-state index contributed by atoms with van der Waals surface area (Å²) in [5.74, 6) is 0. The highest BCUT2D eigenvalue weighted by Crippen LogP contribution is 2.40. The van der Waals surface area contributed by atoms with Crippen LogP contribution in [-0.4, -0.2) is 13.9 Å². The molecule has 3 nitrogen and oxygen atoms in total. The Hall–Kier alpha value is -0.910. The molecular weight excluding hydrogens is 311 g/mol. The molecule has 18 heavy (non-hydrogen) atoms. The van der Waals surface area contributed by atoms with Gasteiger partial charge < -0.3 is 0 Å². The van der Waals surface area contributed by atoms with Crippen molar-refractivity contribution in [2.24, 2.45) is 0 Å². The van der Waals surface area contributed by atoms with E-state index in [1.54, 1.807) is 6.07 Å². The van der Waals surface area contributed by atoms with Crippen LogP contribution in [0, 0.1) is 18.3 Å². The molecule has 1 rings (SSSR count). The van der Waals surface area contributed by atoms with Crippen molar-refractivity contribution < 1.29 is 21.6 Å². The Morgan fingerprint density at radius 3 is 2.33 bits per heavy atom. The van der Waals surface area contributed by atoms with Gasteiger partial charge in [-0.2, -0.15) is 18.4 Å². The predicted octanol–water partition coefficient (Wildman–Crippen LogP) is 3.41.